The molecule has 24 heavy (non-hydrogen) atoms. The molecular formula is C17H25N5O2. The first-order valence-corrected chi connectivity index (χ1v) is 8.33. The van der Waals surface area contributed by atoms with Crippen LogP contribution in [-0.4, -0.2) is 82.2 Å². The maximum atomic E-state index is 10.3. The Kier molecular flexibility index (Phi) is 5.92. The van der Waals surface area contributed by atoms with Crippen molar-refractivity contribution in [3.8, 4) is 5.69 Å². The lowest BCUT2D eigenvalue weighted by Crippen LogP contribution is -2.44. The second-order valence-electron chi connectivity index (χ2n) is 6.20. The van der Waals surface area contributed by atoms with Gasteiger partial charge in [0.2, 0.25) is 0 Å². The molecule has 1 saturated heterocycles. The van der Waals surface area contributed by atoms with Crippen molar-refractivity contribution < 1.29 is 9.84 Å². The zero-order chi connectivity index (χ0) is 16.8. The molecule has 2 heterocycles. The molecule has 1 aliphatic rings. The van der Waals surface area contributed by atoms with Crippen LogP contribution < -0.4 is 0 Å². The van der Waals surface area contributed by atoms with Crippen molar-refractivity contribution in [1.29, 1.82) is 0 Å². The molecule has 0 spiro atoms. The third-order valence-corrected chi connectivity index (χ3v) is 4.07. The van der Waals surface area contributed by atoms with Gasteiger partial charge in [0, 0.05) is 26.2 Å². The molecule has 0 radical (unpaired) electrons. The lowest BCUT2D eigenvalue weighted by atomic mass is 10.3. The monoisotopic (exact) mass is 331 g/mol. The minimum absolute atomic E-state index is 0.385. The molecule has 1 N–H and O–H groups in total. The summed E-state index contributed by atoms with van der Waals surface area (Å²) in [6.07, 6.45) is 1.34. The highest BCUT2D eigenvalue weighted by atomic mass is 16.5. The summed E-state index contributed by atoms with van der Waals surface area (Å²) in [5.41, 5.74) is 0.992. The normalized spacial score (nSPS) is 17.3. The van der Waals surface area contributed by atoms with Gasteiger partial charge in [-0.1, -0.05) is 18.2 Å². The van der Waals surface area contributed by atoms with Gasteiger partial charge in [0.25, 0.3) is 0 Å². The van der Waals surface area contributed by atoms with Gasteiger partial charge in [-0.2, -0.15) is 0 Å². The lowest BCUT2D eigenvalue weighted by Gasteiger charge is -2.29. The number of aromatic nitrogens is 3. The molecule has 0 amide bonds. The quantitative estimate of drug-likeness (QED) is 0.792. The van der Waals surface area contributed by atoms with Crippen LogP contribution in [0.1, 0.15) is 5.82 Å². The highest BCUT2D eigenvalue weighted by Crippen LogP contribution is 2.06. The summed E-state index contributed by atoms with van der Waals surface area (Å²) in [6.45, 7) is 5.18. The average Bonchev–Trinajstić information content (AvgIpc) is 3.04. The number of likely N-dealkylation sites (N-methyl/N-ethyl adjacent to an activating group) is 1. The van der Waals surface area contributed by atoms with Crippen LogP contribution in [0.15, 0.2) is 36.7 Å². The molecule has 1 aromatic carbocycles. The van der Waals surface area contributed by atoms with Gasteiger partial charge in [0.15, 0.2) is 5.82 Å². The lowest BCUT2D eigenvalue weighted by molar-refractivity contribution is 0.00812. The summed E-state index contributed by atoms with van der Waals surface area (Å²) in [5.74, 6) is 0.750. The van der Waals surface area contributed by atoms with E-state index >= 15 is 0 Å². The van der Waals surface area contributed by atoms with Gasteiger partial charge in [-0.15, -0.1) is 5.10 Å². The van der Waals surface area contributed by atoms with Crippen molar-refractivity contribution >= 4 is 0 Å². The van der Waals surface area contributed by atoms with Crippen LogP contribution in [-0.2, 0) is 11.3 Å². The van der Waals surface area contributed by atoms with E-state index in [1.54, 1.807) is 11.0 Å². The van der Waals surface area contributed by atoms with Gasteiger partial charge >= 0.3 is 0 Å². The Hall–Kier alpha value is -1.80. The van der Waals surface area contributed by atoms with Crippen molar-refractivity contribution in [2.45, 2.75) is 12.6 Å². The fourth-order valence-corrected chi connectivity index (χ4v) is 2.88. The van der Waals surface area contributed by atoms with Crippen LogP contribution in [0.5, 0.6) is 0 Å². The largest absolute Gasteiger partial charge is 0.390 e. The van der Waals surface area contributed by atoms with Crippen LogP contribution >= 0.6 is 0 Å². The number of hydrogen-bond donors (Lipinski definition) is 1. The molecule has 2 aromatic rings. The Labute approximate surface area is 142 Å². The van der Waals surface area contributed by atoms with Crippen LogP contribution in [0.25, 0.3) is 5.69 Å². The zero-order valence-corrected chi connectivity index (χ0v) is 14.1. The number of morpholine rings is 1. The van der Waals surface area contributed by atoms with Crippen molar-refractivity contribution in [3.05, 3.63) is 42.5 Å². The van der Waals surface area contributed by atoms with E-state index in [2.05, 4.69) is 19.9 Å². The number of aliphatic hydroxyl groups excluding tert-OH is 1. The number of ether oxygens (including phenoxy) is 1. The number of β-amino-alcohol motifs (C(OH)–C–C–N with tert-alkyl or cyclic N) is 1. The Morgan fingerprint density at radius 3 is 2.75 bits per heavy atom. The molecule has 0 saturated carbocycles. The fraction of sp³-hybridized carbons (Fsp3) is 0.529. The second-order valence-corrected chi connectivity index (χ2v) is 6.20. The van der Waals surface area contributed by atoms with E-state index in [0.717, 1.165) is 37.8 Å². The van der Waals surface area contributed by atoms with E-state index in [1.807, 2.05) is 37.4 Å². The van der Waals surface area contributed by atoms with Gasteiger partial charge in [-0.3, -0.25) is 9.80 Å². The summed E-state index contributed by atoms with van der Waals surface area (Å²) in [5, 5.41) is 14.8. The molecular weight excluding hydrogens is 306 g/mol. The number of nitrogens with zero attached hydrogens (tertiary/aromatic N) is 5. The van der Waals surface area contributed by atoms with E-state index in [9.17, 15) is 5.11 Å². The fourth-order valence-electron chi connectivity index (χ4n) is 2.88. The third kappa shape index (κ3) is 4.85. The minimum atomic E-state index is -0.385. The van der Waals surface area contributed by atoms with Crippen molar-refractivity contribution in [2.24, 2.45) is 0 Å². The van der Waals surface area contributed by atoms with Gasteiger partial charge in [-0.05, 0) is 19.2 Å². The average molecular weight is 331 g/mol. The summed E-state index contributed by atoms with van der Waals surface area (Å²) in [6, 6.07) is 9.92. The molecule has 7 nitrogen and oxygen atoms in total. The third-order valence-electron chi connectivity index (χ3n) is 4.07. The standard InChI is InChI=1S/C17H25N5O2/c1-20(11-16(23)12-21-7-9-24-10-8-21)13-17-18-14-22(19-17)15-5-3-2-4-6-15/h2-6,14,16,23H,7-13H2,1H3. The number of benzene rings is 1. The van der Waals surface area contributed by atoms with Gasteiger partial charge in [-0.25, -0.2) is 9.67 Å². The van der Waals surface area contributed by atoms with Gasteiger partial charge in [0.1, 0.15) is 6.33 Å². The first-order chi connectivity index (χ1) is 11.7. The first kappa shape index (κ1) is 17.0. The van der Waals surface area contributed by atoms with Crippen LogP contribution in [0.4, 0.5) is 0 Å². The molecule has 7 heteroatoms. The number of para-hydroxylation sites is 1. The predicted molar refractivity (Wildman–Crippen MR) is 91.0 cm³/mol. The van der Waals surface area contributed by atoms with E-state index in [4.69, 9.17) is 4.74 Å². The molecule has 1 aromatic heterocycles. The van der Waals surface area contributed by atoms with Crippen molar-refractivity contribution in [1.82, 2.24) is 24.6 Å². The molecule has 3 rings (SSSR count). The maximum Gasteiger partial charge on any atom is 0.164 e. The molecule has 1 atom stereocenters. The van der Waals surface area contributed by atoms with E-state index < -0.39 is 0 Å². The Morgan fingerprint density at radius 1 is 1.25 bits per heavy atom. The number of hydrogen-bond acceptors (Lipinski definition) is 6. The van der Waals surface area contributed by atoms with E-state index in [-0.39, 0.29) is 6.10 Å². The van der Waals surface area contributed by atoms with Crippen LogP contribution in [0.2, 0.25) is 0 Å². The Morgan fingerprint density at radius 2 is 2.00 bits per heavy atom. The Bertz CT molecular complexity index is 612. The summed E-state index contributed by atoms with van der Waals surface area (Å²) in [7, 11) is 1.98. The molecule has 0 bridgehead atoms. The molecule has 0 aliphatic carbocycles. The maximum absolute atomic E-state index is 10.3. The molecule has 130 valence electrons. The zero-order valence-electron chi connectivity index (χ0n) is 14.1. The van der Waals surface area contributed by atoms with E-state index in [0.29, 0.717) is 19.6 Å². The van der Waals surface area contributed by atoms with Crippen molar-refractivity contribution in [2.75, 3.05) is 46.4 Å². The first-order valence-electron chi connectivity index (χ1n) is 8.33. The molecule has 1 unspecified atom stereocenters. The predicted octanol–water partition coefficient (Wildman–Crippen LogP) is 0.392. The van der Waals surface area contributed by atoms with E-state index in [1.165, 1.54) is 0 Å². The summed E-state index contributed by atoms with van der Waals surface area (Å²) < 4.78 is 7.10. The van der Waals surface area contributed by atoms with Crippen molar-refractivity contribution in [3.63, 3.8) is 0 Å². The van der Waals surface area contributed by atoms with Crippen LogP contribution in [0, 0.1) is 0 Å². The topological polar surface area (TPSA) is 66.7 Å². The minimum Gasteiger partial charge on any atom is -0.390 e. The van der Waals surface area contributed by atoms with Gasteiger partial charge in [0.05, 0.1) is 31.5 Å². The molecule has 1 fully saturated rings. The SMILES string of the molecule is CN(Cc1ncn(-c2ccccc2)n1)CC(O)CN1CCOCC1. The summed E-state index contributed by atoms with van der Waals surface area (Å²) in [4.78, 5) is 8.65. The Balaban J connectivity index is 1.48. The van der Waals surface area contributed by atoms with Gasteiger partial charge < -0.3 is 9.84 Å². The number of aliphatic hydroxyl groups is 1. The van der Waals surface area contributed by atoms with Crippen LogP contribution in [0.3, 0.4) is 0 Å². The highest BCUT2D eigenvalue weighted by Gasteiger charge is 2.17. The highest BCUT2D eigenvalue weighted by molar-refractivity contribution is 5.29. The second kappa shape index (κ2) is 8.34. The smallest absolute Gasteiger partial charge is 0.164 e. The molecule has 1 aliphatic heterocycles. The summed E-state index contributed by atoms with van der Waals surface area (Å²) >= 11 is 0. The number of rotatable bonds is 7.